The van der Waals surface area contributed by atoms with Crippen LogP contribution in [0, 0.1) is 0 Å². The topological polar surface area (TPSA) is 44.5 Å². The smallest absolute Gasteiger partial charge is 0.334 e. The monoisotopic (exact) mass is 247 g/mol. The van der Waals surface area contributed by atoms with Crippen LogP contribution in [-0.2, 0) is 8.85 Å². The quantitative estimate of drug-likeness (QED) is 0.604. The molecule has 1 atom stereocenters. The number of hydrogen-bond donors (Lipinski definition) is 1. The van der Waals surface area contributed by atoms with Crippen molar-refractivity contribution < 1.29 is 8.85 Å². The highest BCUT2D eigenvalue weighted by Gasteiger charge is 2.30. The molecule has 0 aromatic rings. The summed E-state index contributed by atoms with van der Waals surface area (Å²) in [7, 11) is -1.93. The van der Waals surface area contributed by atoms with Gasteiger partial charge in [0.05, 0.1) is 0 Å². The predicted molar refractivity (Wildman–Crippen MR) is 71.8 cm³/mol. The summed E-state index contributed by atoms with van der Waals surface area (Å²) in [6, 6.07) is 1.33. The summed E-state index contributed by atoms with van der Waals surface area (Å²) in [5.74, 6) is 0. The van der Waals surface area contributed by atoms with Crippen LogP contribution < -0.4 is 5.73 Å². The molecule has 0 saturated carbocycles. The number of hydrogen-bond acceptors (Lipinski definition) is 3. The molecule has 0 rings (SSSR count). The Labute approximate surface area is 102 Å². The van der Waals surface area contributed by atoms with Crippen LogP contribution in [0.5, 0.6) is 0 Å². The van der Waals surface area contributed by atoms with Gasteiger partial charge in [0.15, 0.2) is 0 Å². The van der Waals surface area contributed by atoms with Crippen LogP contribution >= 0.6 is 0 Å². The zero-order valence-electron chi connectivity index (χ0n) is 11.4. The Hall–Kier alpha value is 0.0969. The van der Waals surface area contributed by atoms with Crippen molar-refractivity contribution in [1.82, 2.24) is 0 Å². The second kappa shape index (κ2) is 9.16. The van der Waals surface area contributed by atoms with Crippen LogP contribution in [0.1, 0.15) is 46.5 Å². The van der Waals surface area contributed by atoms with E-state index in [0.29, 0.717) is 6.04 Å². The Kier molecular flexibility index (Phi) is 9.22. The molecule has 0 aliphatic carbocycles. The Bertz CT molecular complexity index is 161. The molecule has 0 radical (unpaired) electrons. The Morgan fingerprint density at radius 3 is 2.06 bits per heavy atom. The fourth-order valence-corrected chi connectivity index (χ4v) is 4.34. The zero-order chi connectivity index (χ0) is 12.4. The van der Waals surface area contributed by atoms with Gasteiger partial charge in [0.2, 0.25) is 0 Å². The normalized spacial score (nSPS) is 14.1. The molecule has 0 aromatic carbocycles. The average molecular weight is 247 g/mol. The first-order valence-electron chi connectivity index (χ1n) is 6.61. The van der Waals surface area contributed by atoms with Crippen molar-refractivity contribution in [3.05, 3.63) is 0 Å². The largest absolute Gasteiger partial charge is 0.395 e. The molecule has 0 aliphatic rings. The molecule has 0 spiro atoms. The highest BCUT2D eigenvalue weighted by Crippen LogP contribution is 2.18. The van der Waals surface area contributed by atoms with E-state index < -0.39 is 8.56 Å². The summed E-state index contributed by atoms with van der Waals surface area (Å²) in [6.07, 6.45) is 4.60. The van der Waals surface area contributed by atoms with Crippen molar-refractivity contribution in [2.45, 2.75) is 65.1 Å². The SMILES string of the molecule is CCCCC(N)CC[Si](C)(OCC)OCC. The summed E-state index contributed by atoms with van der Waals surface area (Å²) in [5.41, 5.74) is 6.07. The molecule has 0 bridgehead atoms. The Morgan fingerprint density at radius 1 is 1.06 bits per heavy atom. The molecule has 0 aliphatic heterocycles. The van der Waals surface area contributed by atoms with Crippen LogP contribution in [0.15, 0.2) is 0 Å². The molecule has 2 N–H and O–H groups in total. The second-order valence-electron chi connectivity index (χ2n) is 4.44. The highest BCUT2D eigenvalue weighted by atomic mass is 28.4. The van der Waals surface area contributed by atoms with Gasteiger partial charge in [0.1, 0.15) is 0 Å². The minimum Gasteiger partial charge on any atom is -0.395 e. The molecule has 0 saturated heterocycles. The van der Waals surface area contributed by atoms with Crippen molar-refractivity contribution >= 4 is 8.56 Å². The van der Waals surface area contributed by atoms with Gasteiger partial charge in [0.25, 0.3) is 0 Å². The van der Waals surface area contributed by atoms with Crippen LogP contribution in [0.3, 0.4) is 0 Å². The lowest BCUT2D eigenvalue weighted by molar-refractivity contribution is 0.187. The Morgan fingerprint density at radius 2 is 1.62 bits per heavy atom. The fourth-order valence-electron chi connectivity index (χ4n) is 1.85. The lowest BCUT2D eigenvalue weighted by Crippen LogP contribution is -2.40. The maximum Gasteiger partial charge on any atom is 0.334 e. The van der Waals surface area contributed by atoms with Gasteiger partial charge in [-0.1, -0.05) is 19.8 Å². The molecule has 4 heteroatoms. The van der Waals surface area contributed by atoms with Gasteiger partial charge < -0.3 is 14.6 Å². The second-order valence-corrected chi connectivity index (χ2v) is 7.79. The highest BCUT2D eigenvalue weighted by molar-refractivity contribution is 6.66. The van der Waals surface area contributed by atoms with Crippen molar-refractivity contribution in [2.24, 2.45) is 5.73 Å². The molecule has 98 valence electrons. The van der Waals surface area contributed by atoms with Crippen LogP contribution in [-0.4, -0.2) is 27.8 Å². The van der Waals surface area contributed by atoms with Gasteiger partial charge in [-0.25, -0.2) is 0 Å². The van der Waals surface area contributed by atoms with Gasteiger partial charge in [-0.05, 0) is 39.3 Å². The molecule has 0 aromatic heterocycles. The number of nitrogens with two attached hydrogens (primary N) is 1. The molecule has 0 heterocycles. The number of unbranched alkanes of at least 4 members (excludes halogenated alkanes) is 1. The standard InChI is InChI=1S/C12H29NO2Si/c1-5-8-9-12(13)10-11-16(4,14-6-2)15-7-3/h12H,5-11,13H2,1-4H3. The maximum absolute atomic E-state index is 6.07. The lowest BCUT2D eigenvalue weighted by atomic mass is 10.1. The van der Waals surface area contributed by atoms with Crippen molar-refractivity contribution in [3.8, 4) is 0 Å². The first-order chi connectivity index (χ1) is 7.58. The molecule has 3 nitrogen and oxygen atoms in total. The van der Waals surface area contributed by atoms with E-state index in [-0.39, 0.29) is 0 Å². The van der Waals surface area contributed by atoms with E-state index in [9.17, 15) is 0 Å². The van der Waals surface area contributed by atoms with Crippen LogP contribution in [0.25, 0.3) is 0 Å². The summed E-state index contributed by atoms with van der Waals surface area (Å²) in [4.78, 5) is 0. The average Bonchev–Trinajstić information content (AvgIpc) is 2.24. The molecule has 16 heavy (non-hydrogen) atoms. The van der Waals surface area contributed by atoms with E-state index in [1.54, 1.807) is 0 Å². The third-order valence-corrected chi connectivity index (χ3v) is 5.79. The molecule has 1 unspecified atom stereocenters. The van der Waals surface area contributed by atoms with Crippen molar-refractivity contribution in [2.75, 3.05) is 13.2 Å². The van der Waals surface area contributed by atoms with E-state index in [2.05, 4.69) is 13.5 Å². The third-order valence-electron chi connectivity index (χ3n) is 2.80. The van der Waals surface area contributed by atoms with Crippen LogP contribution in [0.4, 0.5) is 0 Å². The van der Waals surface area contributed by atoms with Crippen molar-refractivity contribution in [3.63, 3.8) is 0 Å². The number of rotatable bonds is 10. The first kappa shape index (κ1) is 16.1. The molecular formula is C12H29NO2Si. The van der Waals surface area contributed by atoms with Gasteiger partial charge in [0, 0.05) is 19.3 Å². The van der Waals surface area contributed by atoms with E-state index in [1.165, 1.54) is 12.8 Å². The Balaban J connectivity index is 3.90. The minimum absolute atomic E-state index is 0.313. The van der Waals surface area contributed by atoms with Gasteiger partial charge in [-0.15, -0.1) is 0 Å². The summed E-state index contributed by atoms with van der Waals surface area (Å²) in [6.45, 7) is 9.89. The van der Waals surface area contributed by atoms with E-state index in [4.69, 9.17) is 14.6 Å². The van der Waals surface area contributed by atoms with E-state index in [1.807, 2.05) is 13.8 Å². The summed E-state index contributed by atoms with van der Waals surface area (Å²) < 4.78 is 11.6. The first-order valence-corrected chi connectivity index (χ1v) is 9.13. The maximum atomic E-state index is 6.07. The lowest BCUT2D eigenvalue weighted by Gasteiger charge is -2.27. The van der Waals surface area contributed by atoms with Gasteiger partial charge >= 0.3 is 8.56 Å². The van der Waals surface area contributed by atoms with Gasteiger partial charge in [-0.3, -0.25) is 0 Å². The molecular weight excluding hydrogens is 218 g/mol. The van der Waals surface area contributed by atoms with Crippen LogP contribution in [0.2, 0.25) is 12.6 Å². The van der Waals surface area contributed by atoms with E-state index >= 15 is 0 Å². The molecule has 0 amide bonds. The summed E-state index contributed by atoms with van der Waals surface area (Å²) >= 11 is 0. The van der Waals surface area contributed by atoms with Crippen molar-refractivity contribution in [1.29, 1.82) is 0 Å². The van der Waals surface area contributed by atoms with Gasteiger partial charge in [-0.2, -0.15) is 0 Å². The molecule has 0 fully saturated rings. The predicted octanol–water partition coefficient (Wildman–Crippen LogP) is 3.04. The summed E-state index contributed by atoms with van der Waals surface area (Å²) in [5, 5.41) is 0. The third kappa shape index (κ3) is 7.38. The fraction of sp³-hybridized carbons (Fsp3) is 1.00. The zero-order valence-corrected chi connectivity index (χ0v) is 12.4. The van der Waals surface area contributed by atoms with E-state index in [0.717, 1.165) is 32.1 Å². The minimum atomic E-state index is -1.93.